The maximum atomic E-state index is 10.7. The summed E-state index contributed by atoms with van der Waals surface area (Å²) in [6, 6.07) is 3.48. The van der Waals surface area contributed by atoms with Crippen LogP contribution in [0.25, 0.3) is 0 Å². The third kappa shape index (κ3) is 2.01. The van der Waals surface area contributed by atoms with Crippen molar-refractivity contribution in [3.05, 3.63) is 17.7 Å². The molecule has 0 heterocycles. The fourth-order valence-electron chi connectivity index (χ4n) is 1.14. The van der Waals surface area contributed by atoms with Gasteiger partial charge in [-0.25, -0.2) is 0 Å². The third-order valence-corrected chi connectivity index (χ3v) is 2.62. The second-order valence-electron chi connectivity index (χ2n) is 2.57. The highest BCUT2D eigenvalue weighted by atomic mass is 32.2. The molecule has 0 saturated heterocycles. The molecule has 3 nitrogen and oxygen atoms in total. The fourth-order valence-corrected chi connectivity index (χ4v) is 1.71. The van der Waals surface area contributed by atoms with Gasteiger partial charge in [-0.3, -0.25) is 4.79 Å². The van der Waals surface area contributed by atoms with Crippen molar-refractivity contribution in [2.45, 2.75) is 4.90 Å². The quantitative estimate of drug-likeness (QED) is 0.566. The molecular weight excluding hydrogens is 200 g/mol. The second-order valence-corrected chi connectivity index (χ2v) is 3.42. The van der Waals surface area contributed by atoms with E-state index in [4.69, 9.17) is 9.47 Å². The van der Waals surface area contributed by atoms with E-state index in [1.807, 2.05) is 6.26 Å². The van der Waals surface area contributed by atoms with Gasteiger partial charge in [0.25, 0.3) is 0 Å². The molecule has 0 aliphatic carbocycles. The van der Waals surface area contributed by atoms with E-state index < -0.39 is 0 Å². The van der Waals surface area contributed by atoms with E-state index in [0.717, 1.165) is 11.2 Å². The van der Waals surface area contributed by atoms with Gasteiger partial charge in [-0.05, 0) is 18.4 Å². The Hall–Kier alpha value is -1.16. The van der Waals surface area contributed by atoms with Gasteiger partial charge in [-0.15, -0.1) is 11.8 Å². The summed E-state index contributed by atoms with van der Waals surface area (Å²) in [6.45, 7) is 0. The van der Waals surface area contributed by atoms with Crippen LogP contribution < -0.4 is 9.47 Å². The van der Waals surface area contributed by atoms with Crippen molar-refractivity contribution in [2.24, 2.45) is 0 Å². The molecule has 14 heavy (non-hydrogen) atoms. The molecule has 0 N–H and O–H groups in total. The summed E-state index contributed by atoms with van der Waals surface area (Å²) in [5.74, 6) is 1.27. The molecule has 76 valence electrons. The van der Waals surface area contributed by atoms with Crippen LogP contribution >= 0.6 is 11.8 Å². The lowest BCUT2D eigenvalue weighted by Crippen LogP contribution is -1.94. The average Bonchev–Trinajstić information content (AvgIpc) is 2.26. The maximum Gasteiger partial charge on any atom is 0.153 e. The van der Waals surface area contributed by atoms with E-state index >= 15 is 0 Å². The molecule has 0 unspecified atom stereocenters. The Morgan fingerprint density at radius 1 is 1.21 bits per heavy atom. The first-order valence-electron chi connectivity index (χ1n) is 4.02. The molecule has 1 aromatic carbocycles. The van der Waals surface area contributed by atoms with E-state index in [1.165, 1.54) is 0 Å². The Bertz CT molecular complexity index is 336. The number of hydrogen-bond acceptors (Lipinski definition) is 4. The summed E-state index contributed by atoms with van der Waals surface area (Å²) in [7, 11) is 3.12. The van der Waals surface area contributed by atoms with Crippen molar-refractivity contribution in [1.29, 1.82) is 0 Å². The van der Waals surface area contributed by atoms with Crippen molar-refractivity contribution < 1.29 is 14.3 Å². The third-order valence-electron chi connectivity index (χ3n) is 1.86. The van der Waals surface area contributed by atoms with Crippen molar-refractivity contribution in [3.8, 4) is 11.5 Å². The number of benzene rings is 1. The van der Waals surface area contributed by atoms with Gasteiger partial charge in [0.05, 0.1) is 24.7 Å². The van der Waals surface area contributed by atoms with Crippen LogP contribution in [0.1, 0.15) is 10.4 Å². The molecule has 1 aromatic rings. The van der Waals surface area contributed by atoms with Crippen LogP contribution in [0.3, 0.4) is 0 Å². The Morgan fingerprint density at radius 3 is 2.29 bits per heavy atom. The number of thioether (sulfide) groups is 1. The summed E-state index contributed by atoms with van der Waals surface area (Å²) in [5, 5.41) is 0. The highest BCUT2D eigenvalue weighted by Crippen LogP contribution is 2.33. The number of aldehydes is 1. The van der Waals surface area contributed by atoms with Gasteiger partial charge in [-0.1, -0.05) is 0 Å². The van der Waals surface area contributed by atoms with Gasteiger partial charge in [0.1, 0.15) is 11.5 Å². The van der Waals surface area contributed by atoms with Crippen molar-refractivity contribution in [2.75, 3.05) is 20.5 Å². The van der Waals surface area contributed by atoms with Crippen LogP contribution in [-0.2, 0) is 0 Å². The zero-order valence-corrected chi connectivity index (χ0v) is 9.18. The Labute approximate surface area is 87.4 Å². The summed E-state index contributed by atoms with van der Waals surface area (Å²) < 4.78 is 10.2. The monoisotopic (exact) mass is 212 g/mol. The minimum Gasteiger partial charge on any atom is -0.496 e. The second kappa shape index (κ2) is 4.91. The topological polar surface area (TPSA) is 35.5 Å². The van der Waals surface area contributed by atoms with Gasteiger partial charge >= 0.3 is 0 Å². The minimum absolute atomic E-state index is 0.502. The predicted octanol–water partition coefficient (Wildman–Crippen LogP) is 2.24. The normalized spacial score (nSPS) is 9.64. The van der Waals surface area contributed by atoms with Gasteiger partial charge < -0.3 is 9.47 Å². The fraction of sp³-hybridized carbons (Fsp3) is 0.300. The highest BCUT2D eigenvalue weighted by Gasteiger charge is 2.09. The molecule has 1 rings (SSSR count). The van der Waals surface area contributed by atoms with Crippen molar-refractivity contribution in [1.82, 2.24) is 0 Å². The minimum atomic E-state index is 0.502. The lowest BCUT2D eigenvalue weighted by atomic mass is 10.2. The number of carbonyl (C=O) groups excluding carboxylic acids is 1. The number of methoxy groups -OCH3 is 2. The summed E-state index contributed by atoms with van der Waals surface area (Å²) in [4.78, 5) is 11.7. The molecule has 0 aromatic heterocycles. The van der Waals surface area contributed by atoms with Gasteiger partial charge in [-0.2, -0.15) is 0 Å². The van der Waals surface area contributed by atoms with Crippen molar-refractivity contribution >= 4 is 18.0 Å². The number of carbonyl (C=O) groups is 1. The van der Waals surface area contributed by atoms with Crippen LogP contribution in [0.15, 0.2) is 17.0 Å². The molecule has 0 fully saturated rings. The largest absolute Gasteiger partial charge is 0.496 e. The van der Waals surface area contributed by atoms with Crippen LogP contribution in [0, 0.1) is 0 Å². The molecule has 4 heteroatoms. The molecular formula is C10H12O3S. The molecule has 0 bridgehead atoms. The van der Waals surface area contributed by atoms with Crippen LogP contribution in [-0.4, -0.2) is 26.8 Å². The molecule has 0 amide bonds. The van der Waals surface area contributed by atoms with Gasteiger partial charge in [0.15, 0.2) is 6.29 Å². The van der Waals surface area contributed by atoms with Crippen LogP contribution in [0.4, 0.5) is 0 Å². The lowest BCUT2D eigenvalue weighted by molar-refractivity contribution is 0.112. The summed E-state index contributed by atoms with van der Waals surface area (Å²) >= 11 is 1.55. The Balaban J connectivity index is 3.27. The first-order chi connectivity index (χ1) is 6.76. The average molecular weight is 212 g/mol. The van der Waals surface area contributed by atoms with E-state index in [-0.39, 0.29) is 0 Å². The summed E-state index contributed by atoms with van der Waals surface area (Å²) in [5.41, 5.74) is 0.502. The van der Waals surface area contributed by atoms with E-state index in [0.29, 0.717) is 17.1 Å². The molecule has 0 atom stereocenters. The van der Waals surface area contributed by atoms with Crippen molar-refractivity contribution in [3.63, 3.8) is 0 Å². The number of ether oxygens (including phenoxy) is 2. The summed E-state index contributed by atoms with van der Waals surface area (Å²) in [6.07, 6.45) is 2.70. The van der Waals surface area contributed by atoms with Gasteiger partial charge in [0, 0.05) is 0 Å². The van der Waals surface area contributed by atoms with E-state index in [1.54, 1.807) is 38.1 Å². The van der Waals surface area contributed by atoms with Crippen LogP contribution in [0.5, 0.6) is 11.5 Å². The van der Waals surface area contributed by atoms with E-state index in [9.17, 15) is 4.79 Å². The lowest BCUT2D eigenvalue weighted by Gasteiger charge is -2.10. The van der Waals surface area contributed by atoms with Gasteiger partial charge in [0.2, 0.25) is 0 Å². The first-order valence-corrected chi connectivity index (χ1v) is 5.24. The maximum absolute atomic E-state index is 10.7. The zero-order valence-electron chi connectivity index (χ0n) is 8.37. The number of hydrogen-bond donors (Lipinski definition) is 0. The zero-order chi connectivity index (χ0) is 10.6. The van der Waals surface area contributed by atoms with E-state index in [2.05, 4.69) is 0 Å². The number of rotatable bonds is 4. The smallest absolute Gasteiger partial charge is 0.153 e. The molecule has 0 aliphatic heterocycles. The SMILES string of the molecule is COc1cc(SC)c(OC)cc1C=O. The molecule has 0 aliphatic rings. The Morgan fingerprint density at radius 2 is 1.86 bits per heavy atom. The molecule has 0 spiro atoms. The first kappa shape index (κ1) is 10.9. The highest BCUT2D eigenvalue weighted by molar-refractivity contribution is 7.98. The molecule has 0 saturated carbocycles. The van der Waals surface area contributed by atoms with Crippen LogP contribution in [0.2, 0.25) is 0 Å². The Kier molecular flexibility index (Phi) is 3.83. The molecule has 0 radical (unpaired) electrons. The standard InChI is InChI=1S/C10H12O3S/c1-12-8-5-10(14-3)9(13-2)4-7(8)6-11/h4-6H,1-3H3. The predicted molar refractivity (Wildman–Crippen MR) is 56.7 cm³/mol.